The van der Waals surface area contributed by atoms with Gasteiger partial charge in [0, 0.05) is 107 Å². The van der Waals surface area contributed by atoms with E-state index in [1.165, 1.54) is 36.8 Å². The van der Waals surface area contributed by atoms with Crippen molar-refractivity contribution >= 4 is 156 Å². The van der Waals surface area contributed by atoms with Crippen molar-refractivity contribution in [2.75, 3.05) is 101 Å². The maximum atomic E-state index is 14.2. The van der Waals surface area contributed by atoms with Crippen LogP contribution in [0.15, 0.2) is 259 Å². The van der Waals surface area contributed by atoms with Gasteiger partial charge in [-0.1, -0.05) is 168 Å². The number of sulfonamides is 3. The Labute approximate surface area is 783 Å². The Hall–Kier alpha value is -10.2. The van der Waals surface area contributed by atoms with Gasteiger partial charge in [0.15, 0.2) is 5.84 Å². The second-order valence-electron chi connectivity index (χ2n) is 32.1. The average Bonchev–Trinajstić information content (AvgIpc) is 1.59. The molecule has 132 heavy (non-hydrogen) atoms. The summed E-state index contributed by atoms with van der Waals surface area (Å²) in [6.45, 7) is -0.954. The summed E-state index contributed by atoms with van der Waals surface area (Å²) in [6.07, 6.45) is -5.79. The molecule has 16 rings (SSSR count). The molecule has 8 unspecified atom stereocenters. The fourth-order valence-electron chi connectivity index (χ4n) is 16.8. The molecule has 0 aromatic heterocycles. The van der Waals surface area contributed by atoms with Crippen LogP contribution in [-0.4, -0.2) is 218 Å². The SMILES string of the molecule is CN=C(N)C1=NN(c2ccc(Cl)cc2)C(c2ccccc2)C1S(=O)(=O)N1CCC(F)CC1.CN=C(N)C1=NN(c2ccc(Cl)cc2)C(c2ccccc2)C1S(=O)(=O)N1CCCC(F)(F)C1.CN=C(N)C1=NN(c2ccc(Cl)cc2)C(c2ccccc2)C1S(=O)(=O)N1CCCC(F)C1.CN=C(NS(=O)(=O)N1CCC(C(F)(F)F)CC1)C1=NN(c2ccc(Cl)cc2)C(c2ccccc2)C1. The minimum atomic E-state index is -4.32. The Morgan fingerprint density at radius 3 is 1.10 bits per heavy atom. The number of benzene rings is 8. The Balaban J connectivity index is 0.000000150. The van der Waals surface area contributed by atoms with E-state index in [-0.39, 0.29) is 131 Å². The molecular formula is C89H99Cl4F7N20O8S4. The number of hydrogen-bond donors (Lipinski definition) is 4. The first-order valence-electron chi connectivity index (χ1n) is 42.2. The number of nitrogens with two attached hydrogens (primary N) is 3. The van der Waals surface area contributed by atoms with Crippen molar-refractivity contribution in [3.8, 4) is 0 Å². The summed E-state index contributed by atoms with van der Waals surface area (Å²) < 4.78 is 211. The molecule has 8 heterocycles. The van der Waals surface area contributed by atoms with Crippen molar-refractivity contribution in [1.29, 1.82) is 0 Å². The molecule has 704 valence electrons. The maximum absolute atomic E-state index is 14.2. The Morgan fingerprint density at radius 2 is 0.750 bits per heavy atom. The molecular weight excluding hydrogens is 1880 g/mol. The molecule has 8 aliphatic heterocycles. The Bertz CT molecular complexity index is 6090. The van der Waals surface area contributed by atoms with E-state index in [1.807, 2.05) is 109 Å². The molecule has 0 amide bonds. The number of piperidine rings is 4. The summed E-state index contributed by atoms with van der Waals surface area (Å²) in [6, 6.07) is 62.5. The van der Waals surface area contributed by atoms with Gasteiger partial charge in [0.2, 0.25) is 30.1 Å². The van der Waals surface area contributed by atoms with Gasteiger partial charge >= 0.3 is 16.4 Å². The second-order valence-corrected chi connectivity index (χ2v) is 41.6. The molecule has 8 atom stereocenters. The summed E-state index contributed by atoms with van der Waals surface area (Å²) in [5.74, 6) is -4.51. The standard InChI is InChI=1S/C23H25ClF3N5O2S.C22H24ClF2N5O2S.2C22H25ClFN5O2S/c1-28-22(30-35(33,34)31-13-11-17(12-14-31)23(25,26)27)20-15-21(16-5-3-2-4-6-16)32(29-20)19-9-7-18(24)8-10-19;1-27-21(26)18-20(33(31,32)29-13-5-12-22(24,25)14-29)19(15-6-3-2-4-7-15)30(28-18)17-10-8-16(23)9-11-17;1-26-22(25)19-21(32(30,31)28-13-5-8-17(24)14-28)20(15-6-3-2-4-7-15)29(27-19)18-11-9-16(23)10-12-18;1-26-22(25)19-21(32(30,31)28-13-11-17(24)12-14-28)20(15-5-3-2-4-6-15)29(27-19)18-9-7-16(23)8-10-18/h2-10,17,21H,11-15H2,1H3,(H,28,30);2-4,6-11,19-20H,5,12-14H2,1H3,(H2,26,27);2-4,6-7,9-12,17,20-21H,5,8,13-14H2,1H3,(H2,25,26);2-10,17,20-21H,11-14H2,1H3,(H2,25,26). The first-order chi connectivity index (χ1) is 62.9. The molecule has 0 aliphatic carbocycles. The quantitative estimate of drug-likeness (QED) is 0.0313. The van der Waals surface area contributed by atoms with Crippen molar-refractivity contribution in [2.24, 2.45) is 63.5 Å². The summed E-state index contributed by atoms with van der Waals surface area (Å²) in [5.41, 5.74) is 25.0. The van der Waals surface area contributed by atoms with Crippen molar-refractivity contribution < 1.29 is 64.4 Å². The van der Waals surface area contributed by atoms with Gasteiger partial charge in [-0.25, -0.2) is 47.1 Å². The molecule has 0 bridgehead atoms. The molecule has 0 spiro atoms. The number of halogens is 11. The highest BCUT2D eigenvalue weighted by atomic mass is 35.5. The number of hydrogen-bond acceptors (Lipinski definition) is 20. The molecule has 43 heteroatoms. The number of alkyl halides is 7. The first kappa shape index (κ1) is 99.3. The Morgan fingerprint density at radius 1 is 0.409 bits per heavy atom. The van der Waals surface area contributed by atoms with Crippen LogP contribution in [-0.2, 0) is 40.3 Å². The lowest BCUT2D eigenvalue weighted by molar-refractivity contribution is -0.182. The Kier molecular flexibility index (Phi) is 32.0. The number of anilines is 4. The van der Waals surface area contributed by atoms with Crippen LogP contribution in [0.25, 0.3) is 0 Å². The van der Waals surface area contributed by atoms with Crippen LogP contribution in [0, 0.1) is 5.92 Å². The van der Waals surface area contributed by atoms with Crippen molar-refractivity contribution in [3.05, 3.63) is 261 Å². The van der Waals surface area contributed by atoms with Crippen molar-refractivity contribution in [2.45, 2.75) is 122 Å². The number of rotatable bonds is 20. The lowest BCUT2D eigenvalue weighted by Crippen LogP contribution is -2.53. The van der Waals surface area contributed by atoms with Gasteiger partial charge < -0.3 is 17.2 Å². The lowest BCUT2D eigenvalue weighted by Gasteiger charge is -2.36. The molecule has 4 saturated heterocycles. The molecule has 7 N–H and O–H groups in total. The monoisotopic (exact) mass is 1980 g/mol. The third kappa shape index (κ3) is 22.7. The third-order valence-electron chi connectivity index (χ3n) is 23.6. The zero-order valence-electron chi connectivity index (χ0n) is 72.0. The van der Waals surface area contributed by atoms with Crippen LogP contribution in [0.2, 0.25) is 20.1 Å². The van der Waals surface area contributed by atoms with E-state index >= 15 is 0 Å². The fraction of sp³-hybridized carbons (Fsp3) is 0.371. The van der Waals surface area contributed by atoms with E-state index in [2.05, 4.69) is 45.1 Å². The number of nitrogens with zero attached hydrogens (tertiary/aromatic N) is 16. The predicted molar refractivity (Wildman–Crippen MR) is 511 cm³/mol. The average molecular weight is 1980 g/mol. The topological polar surface area (TPSA) is 351 Å². The van der Waals surface area contributed by atoms with Gasteiger partial charge in [0.05, 0.1) is 41.3 Å². The second kappa shape index (κ2) is 42.6. The van der Waals surface area contributed by atoms with Gasteiger partial charge in [0.1, 0.15) is 86.6 Å². The number of hydrazone groups is 4. The molecule has 0 radical (unpaired) electrons. The maximum Gasteiger partial charge on any atom is 0.391 e. The first-order valence-corrected chi connectivity index (χ1v) is 49.7. The molecule has 8 aromatic rings. The van der Waals surface area contributed by atoms with E-state index in [1.54, 1.807) is 129 Å². The van der Waals surface area contributed by atoms with E-state index in [0.29, 0.717) is 67.7 Å². The normalized spacial score (nSPS) is 23.3. The van der Waals surface area contributed by atoms with Gasteiger partial charge in [-0.15, -0.1) is 0 Å². The number of aliphatic imine (C=N–C) groups is 4. The predicted octanol–water partition coefficient (Wildman–Crippen LogP) is 15.2. The highest BCUT2D eigenvalue weighted by molar-refractivity contribution is 7.91. The van der Waals surface area contributed by atoms with Crippen molar-refractivity contribution in [3.63, 3.8) is 0 Å². The fourth-order valence-corrected chi connectivity index (χ4v) is 24.9. The lowest BCUT2D eigenvalue weighted by atomic mass is 9.98. The van der Waals surface area contributed by atoms with Crippen LogP contribution in [0.5, 0.6) is 0 Å². The molecule has 4 fully saturated rings. The van der Waals surface area contributed by atoms with E-state index in [9.17, 15) is 64.4 Å². The zero-order chi connectivity index (χ0) is 94.8. The van der Waals surface area contributed by atoms with Crippen LogP contribution < -0.4 is 42.0 Å². The summed E-state index contributed by atoms with van der Waals surface area (Å²) in [4.78, 5) is 16.1. The molecule has 8 aromatic carbocycles. The van der Waals surface area contributed by atoms with Gasteiger partial charge in [0.25, 0.3) is 5.92 Å². The van der Waals surface area contributed by atoms with Crippen LogP contribution >= 0.6 is 46.4 Å². The minimum absolute atomic E-state index is 0.00727. The smallest absolute Gasteiger partial charge is 0.382 e. The van der Waals surface area contributed by atoms with E-state index in [4.69, 9.17) is 63.6 Å². The zero-order valence-corrected chi connectivity index (χ0v) is 78.3. The van der Waals surface area contributed by atoms with Crippen LogP contribution in [0.4, 0.5) is 53.5 Å². The minimum Gasteiger partial charge on any atom is -0.382 e. The van der Waals surface area contributed by atoms with E-state index in [0.717, 1.165) is 31.0 Å². The summed E-state index contributed by atoms with van der Waals surface area (Å²) >= 11 is 24.2. The third-order valence-corrected chi connectivity index (χ3v) is 32.6. The highest BCUT2D eigenvalue weighted by Crippen LogP contribution is 2.47. The summed E-state index contributed by atoms with van der Waals surface area (Å²) in [5, 5.41) is 23.7. The van der Waals surface area contributed by atoms with Gasteiger partial charge in [-0.05, 0) is 164 Å². The van der Waals surface area contributed by atoms with Gasteiger partial charge in [-0.2, -0.15) is 54.9 Å². The number of amidine groups is 4. The molecule has 28 nitrogen and oxygen atoms in total. The highest BCUT2D eigenvalue weighted by Gasteiger charge is 2.56. The number of nitrogens with one attached hydrogen (secondary N) is 1. The van der Waals surface area contributed by atoms with Gasteiger partial charge in [-0.3, -0.25) is 44.7 Å². The van der Waals surface area contributed by atoms with E-state index < -0.39 is 111 Å². The van der Waals surface area contributed by atoms with Crippen LogP contribution in [0.3, 0.4) is 0 Å². The largest absolute Gasteiger partial charge is 0.391 e. The molecule has 0 saturated carbocycles. The van der Waals surface area contributed by atoms with Crippen molar-refractivity contribution in [1.82, 2.24) is 21.9 Å². The summed E-state index contributed by atoms with van der Waals surface area (Å²) in [7, 11) is -10.5. The molecule has 8 aliphatic rings. The van der Waals surface area contributed by atoms with Crippen LogP contribution in [0.1, 0.15) is 104 Å².